The third-order valence-electron chi connectivity index (χ3n) is 2.48. The lowest BCUT2D eigenvalue weighted by Crippen LogP contribution is -2.11. The Kier molecular flexibility index (Phi) is 4.20. The molecule has 2 aromatic rings. The molecule has 17 heavy (non-hydrogen) atoms. The molecule has 4 heteroatoms. The van der Waals surface area contributed by atoms with Gasteiger partial charge in [0.05, 0.1) is 0 Å². The summed E-state index contributed by atoms with van der Waals surface area (Å²) in [6.45, 7) is 3.88. The summed E-state index contributed by atoms with van der Waals surface area (Å²) in [6.07, 6.45) is 0. The Morgan fingerprint density at radius 1 is 1.24 bits per heavy atom. The predicted octanol–water partition coefficient (Wildman–Crippen LogP) is 3.69. The largest absolute Gasteiger partial charge is 0.398 e. The maximum Gasteiger partial charge on any atom is 0.0461 e. The fourth-order valence-corrected chi connectivity index (χ4v) is 2.72. The molecule has 0 atom stereocenters. The van der Waals surface area contributed by atoms with Crippen molar-refractivity contribution in [3.05, 3.63) is 50.1 Å². The molecule has 0 spiro atoms. The lowest BCUT2D eigenvalue weighted by molar-refractivity contribution is 0.701. The van der Waals surface area contributed by atoms with Crippen LogP contribution in [0.1, 0.15) is 15.3 Å². The second-order valence-electron chi connectivity index (χ2n) is 3.97. The summed E-state index contributed by atoms with van der Waals surface area (Å²) in [5, 5.41) is 3.42. The Bertz CT molecular complexity index is 508. The van der Waals surface area contributed by atoms with Crippen LogP contribution in [0.25, 0.3) is 0 Å². The van der Waals surface area contributed by atoms with E-state index in [9.17, 15) is 0 Å². The van der Waals surface area contributed by atoms with Gasteiger partial charge in [-0.25, -0.2) is 0 Å². The highest BCUT2D eigenvalue weighted by Gasteiger charge is 1.99. The smallest absolute Gasteiger partial charge is 0.0461 e. The normalized spacial score (nSPS) is 10.7. The summed E-state index contributed by atoms with van der Waals surface area (Å²) >= 11 is 5.23. The first-order valence-electron chi connectivity index (χ1n) is 5.45. The van der Waals surface area contributed by atoms with Crippen LogP contribution < -0.4 is 11.1 Å². The van der Waals surface area contributed by atoms with Gasteiger partial charge < -0.3 is 11.1 Å². The standard InChI is InChI=1S/C13H15BrN2S/c1-9-2-4-11(17-9)8-16-7-10-3-5-12(14)13(15)6-10/h2-6,16H,7-8,15H2,1H3. The summed E-state index contributed by atoms with van der Waals surface area (Å²) in [4.78, 5) is 2.72. The molecule has 0 bridgehead atoms. The first-order valence-corrected chi connectivity index (χ1v) is 7.06. The van der Waals surface area contributed by atoms with E-state index < -0.39 is 0 Å². The number of benzene rings is 1. The van der Waals surface area contributed by atoms with Crippen molar-refractivity contribution in [3.63, 3.8) is 0 Å². The third-order valence-corrected chi connectivity index (χ3v) is 4.21. The van der Waals surface area contributed by atoms with Gasteiger partial charge in [0.15, 0.2) is 0 Å². The van der Waals surface area contributed by atoms with Gasteiger partial charge >= 0.3 is 0 Å². The Hall–Kier alpha value is -0.840. The van der Waals surface area contributed by atoms with Gasteiger partial charge in [-0.3, -0.25) is 0 Å². The molecule has 3 N–H and O–H groups in total. The van der Waals surface area contributed by atoms with Gasteiger partial charge in [-0.15, -0.1) is 11.3 Å². The zero-order valence-electron chi connectivity index (χ0n) is 9.66. The third kappa shape index (κ3) is 3.56. The number of hydrogen-bond acceptors (Lipinski definition) is 3. The number of rotatable bonds is 4. The average Bonchev–Trinajstić information content (AvgIpc) is 2.70. The van der Waals surface area contributed by atoms with Crippen LogP contribution in [0.3, 0.4) is 0 Å². The van der Waals surface area contributed by atoms with Crippen LogP contribution in [0, 0.1) is 6.92 Å². The first kappa shape index (κ1) is 12.6. The highest BCUT2D eigenvalue weighted by atomic mass is 79.9. The van der Waals surface area contributed by atoms with Crippen LogP contribution >= 0.6 is 27.3 Å². The van der Waals surface area contributed by atoms with E-state index in [1.54, 1.807) is 0 Å². The number of halogens is 1. The van der Waals surface area contributed by atoms with Gasteiger partial charge in [0.25, 0.3) is 0 Å². The molecule has 2 nitrogen and oxygen atoms in total. The number of hydrogen-bond donors (Lipinski definition) is 2. The molecular formula is C13H15BrN2S. The van der Waals surface area contributed by atoms with E-state index in [1.807, 2.05) is 23.5 Å². The number of anilines is 1. The van der Waals surface area contributed by atoms with Crippen molar-refractivity contribution < 1.29 is 0 Å². The molecule has 90 valence electrons. The van der Waals surface area contributed by atoms with Crippen LogP contribution in [-0.2, 0) is 13.1 Å². The van der Waals surface area contributed by atoms with Gasteiger partial charge in [0, 0.05) is 33.0 Å². The zero-order valence-corrected chi connectivity index (χ0v) is 12.1. The monoisotopic (exact) mass is 310 g/mol. The van der Waals surface area contributed by atoms with E-state index in [4.69, 9.17) is 5.73 Å². The molecule has 1 aromatic carbocycles. The fraction of sp³-hybridized carbons (Fsp3) is 0.231. The van der Waals surface area contributed by atoms with E-state index in [1.165, 1.54) is 15.3 Å². The van der Waals surface area contributed by atoms with Crippen molar-refractivity contribution in [1.82, 2.24) is 5.32 Å². The highest BCUT2D eigenvalue weighted by Crippen LogP contribution is 2.20. The number of nitrogens with one attached hydrogen (secondary N) is 1. The molecule has 0 saturated heterocycles. The maximum atomic E-state index is 5.83. The lowest BCUT2D eigenvalue weighted by Gasteiger charge is -2.05. The van der Waals surface area contributed by atoms with E-state index in [0.29, 0.717) is 0 Å². The fourth-order valence-electron chi connectivity index (χ4n) is 1.61. The summed E-state index contributed by atoms with van der Waals surface area (Å²) in [6, 6.07) is 10.4. The van der Waals surface area contributed by atoms with Gasteiger partial charge in [0.2, 0.25) is 0 Å². The summed E-state index contributed by atoms with van der Waals surface area (Å²) in [5.74, 6) is 0. The molecule has 2 rings (SSSR count). The molecule has 0 amide bonds. The van der Waals surface area contributed by atoms with Gasteiger partial charge in [0.1, 0.15) is 0 Å². The molecule has 1 aromatic heterocycles. The first-order chi connectivity index (χ1) is 8.15. The summed E-state index contributed by atoms with van der Waals surface area (Å²) < 4.78 is 0.954. The molecule has 1 heterocycles. The molecule has 0 fully saturated rings. The Morgan fingerprint density at radius 3 is 2.71 bits per heavy atom. The SMILES string of the molecule is Cc1ccc(CNCc2ccc(Br)c(N)c2)s1. The Balaban J connectivity index is 1.87. The minimum Gasteiger partial charge on any atom is -0.398 e. The second kappa shape index (κ2) is 5.67. The zero-order chi connectivity index (χ0) is 12.3. The number of nitrogen functional groups attached to an aromatic ring is 1. The van der Waals surface area contributed by atoms with Crippen LogP contribution in [-0.4, -0.2) is 0 Å². The van der Waals surface area contributed by atoms with Crippen LogP contribution in [0.5, 0.6) is 0 Å². The van der Waals surface area contributed by atoms with E-state index >= 15 is 0 Å². The average molecular weight is 311 g/mol. The highest BCUT2D eigenvalue weighted by molar-refractivity contribution is 9.10. The van der Waals surface area contributed by atoms with Crippen LogP contribution in [0.2, 0.25) is 0 Å². The van der Waals surface area contributed by atoms with E-state index in [0.717, 1.165) is 23.2 Å². The van der Waals surface area contributed by atoms with Crippen molar-refractivity contribution in [1.29, 1.82) is 0 Å². The molecule has 0 aliphatic rings. The molecular weight excluding hydrogens is 296 g/mol. The molecule has 0 unspecified atom stereocenters. The minimum atomic E-state index is 0.788. The van der Waals surface area contributed by atoms with Crippen molar-refractivity contribution in [2.75, 3.05) is 5.73 Å². The predicted molar refractivity (Wildman–Crippen MR) is 78.2 cm³/mol. The van der Waals surface area contributed by atoms with Gasteiger partial charge in [-0.05, 0) is 52.7 Å². The minimum absolute atomic E-state index is 0.788. The van der Waals surface area contributed by atoms with Crippen molar-refractivity contribution in [3.8, 4) is 0 Å². The molecule has 0 aliphatic carbocycles. The number of aryl methyl sites for hydroxylation is 1. The maximum absolute atomic E-state index is 5.83. The van der Waals surface area contributed by atoms with Crippen molar-refractivity contribution in [2.45, 2.75) is 20.0 Å². The molecule has 0 aliphatic heterocycles. The number of nitrogens with two attached hydrogens (primary N) is 1. The summed E-state index contributed by atoms with van der Waals surface area (Å²) in [7, 11) is 0. The topological polar surface area (TPSA) is 38.0 Å². The van der Waals surface area contributed by atoms with E-state index in [-0.39, 0.29) is 0 Å². The van der Waals surface area contributed by atoms with Crippen molar-refractivity contribution in [2.24, 2.45) is 0 Å². The second-order valence-corrected chi connectivity index (χ2v) is 6.20. The Morgan fingerprint density at radius 2 is 2.06 bits per heavy atom. The molecule has 0 radical (unpaired) electrons. The Labute approximate surface area is 114 Å². The summed E-state index contributed by atoms with van der Waals surface area (Å²) in [5.41, 5.74) is 7.83. The van der Waals surface area contributed by atoms with Crippen LogP contribution in [0.15, 0.2) is 34.8 Å². The lowest BCUT2D eigenvalue weighted by atomic mass is 10.2. The number of thiophene rings is 1. The molecule has 0 saturated carbocycles. The van der Waals surface area contributed by atoms with Gasteiger partial charge in [-0.1, -0.05) is 6.07 Å². The quantitative estimate of drug-likeness (QED) is 0.845. The van der Waals surface area contributed by atoms with E-state index in [2.05, 4.69) is 46.4 Å². The van der Waals surface area contributed by atoms with Gasteiger partial charge in [-0.2, -0.15) is 0 Å². The van der Waals surface area contributed by atoms with Crippen molar-refractivity contribution >= 4 is 33.0 Å². The van der Waals surface area contributed by atoms with Crippen LogP contribution in [0.4, 0.5) is 5.69 Å².